The fourth-order valence-electron chi connectivity index (χ4n) is 3.53. The normalized spacial score (nSPS) is 16.9. The number of carbonyl (C=O) groups is 1. The summed E-state index contributed by atoms with van der Waals surface area (Å²) in [4.78, 5) is 14.8. The van der Waals surface area contributed by atoms with Crippen LogP contribution in [-0.2, 0) is 11.3 Å². The molecule has 0 bridgehead atoms. The SMILES string of the molecule is Cc1nn(Cc2ccccc2Cl)c(C)c1/C=C/C(=O)N(CC1CC1)C1CC1. The first-order chi connectivity index (χ1) is 13.0. The molecule has 0 unspecified atom stereocenters. The number of halogens is 1. The number of benzene rings is 1. The zero-order valence-electron chi connectivity index (χ0n) is 16.0. The Bertz CT molecular complexity index is 878. The van der Waals surface area contributed by atoms with Crippen molar-refractivity contribution < 1.29 is 4.79 Å². The van der Waals surface area contributed by atoms with Crippen molar-refractivity contribution in [3.8, 4) is 0 Å². The van der Waals surface area contributed by atoms with E-state index >= 15 is 0 Å². The highest BCUT2D eigenvalue weighted by Crippen LogP contribution is 2.35. The van der Waals surface area contributed by atoms with Gasteiger partial charge in [0.1, 0.15) is 0 Å². The van der Waals surface area contributed by atoms with Gasteiger partial charge in [0.2, 0.25) is 5.91 Å². The van der Waals surface area contributed by atoms with Gasteiger partial charge in [-0.25, -0.2) is 0 Å². The Morgan fingerprint density at radius 3 is 2.67 bits per heavy atom. The maximum Gasteiger partial charge on any atom is 0.246 e. The average molecular weight is 384 g/mol. The topological polar surface area (TPSA) is 38.1 Å². The number of nitrogens with zero attached hydrogens (tertiary/aromatic N) is 3. The minimum Gasteiger partial charge on any atom is -0.336 e. The highest BCUT2D eigenvalue weighted by atomic mass is 35.5. The molecule has 2 aliphatic rings. The summed E-state index contributed by atoms with van der Waals surface area (Å²) in [5.41, 5.74) is 4.05. The second-order valence-electron chi connectivity index (χ2n) is 7.83. The summed E-state index contributed by atoms with van der Waals surface area (Å²) in [7, 11) is 0. The Hall–Kier alpha value is -2.07. The van der Waals surface area contributed by atoms with Crippen molar-refractivity contribution in [2.45, 2.75) is 52.1 Å². The van der Waals surface area contributed by atoms with E-state index in [0.29, 0.717) is 12.6 Å². The van der Waals surface area contributed by atoms with Crippen LogP contribution in [0.2, 0.25) is 5.02 Å². The van der Waals surface area contributed by atoms with Gasteiger partial charge in [-0.15, -0.1) is 0 Å². The van der Waals surface area contributed by atoms with Crippen LogP contribution in [-0.4, -0.2) is 33.2 Å². The third-order valence-electron chi connectivity index (χ3n) is 5.53. The van der Waals surface area contributed by atoms with Crippen molar-refractivity contribution in [1.29, 1.82) is 0 Å². The van der Waals surface area contributed by atoms with Crippen molar-refractivity contribution in [1.82, 2.24) is 14.7 Å². The van der Waals surface area contributed by atoms with Crippen LogP contribution in [0.1, 0.15) is 48.2 Å². The number of aryl methyl sites for hydroxylation is 1. The third-order valence-corrected chi connectivity index (χ3v) is 5.90. The van der Waals surface area contributed by atoms with Crippen molar-refractivity contribution in [3.05, 3.63) is 57.9 Å². The van der Waals surface area contributed by atoms with Gasteiger partial charge in [-0.1, -0.05) is 29.8 Å². The summed E-state index contributed by atoms with van der Waals surface area (Å²) in [6.45, 7) is 5.59. The first kappa shape index (κ1) is 18.3. The van der Waals surface area contributed by atoms with Gasteiger partial charge in [-0.05, 0) is 63.2 Å². The van der Waals surface area contributed by atoms with Crippen molar-refractivity contribution in [2.75, 3.05) is 6.54 Å². The lowest BCUT2D eigenvalue weighted by atomic mass is 10.1. The molecule has 1 aromatic heterocycles. The summed E-state index contributed by atoms with van der Waals surface area (Å²) >= 11 is 6.29. The van der Waals surface area contributed by atoms with Gasteiger partial charge in [0.05, 0.1) is 12.2 Å². The van der Waals surface area contributed by atoms with Gasteiger partial charge in [0.25, 0.3) is 0 Å². The highest BCUT2D eigenvalue weighted by molar-refractivity contribution is 6.31. The molecule has 1 aromatic carbocycles. The zero-order valence-corrected chi connectivity index (χ0v) is 16.7. The molecule has 1 amide bonds. The fraction of sp³-hybridized carbons (Fsp3) is 0.455. The third kappa shape index (κ3) is 4.27. The van der Waals surface area contributed by atoms with Crippen LogP contribution in [0.5, 0.6) is 0 Å². The predicted octanol–water partition coefficient (Wildman–Crippen LogP) is 4.62. The number of amides is 1. The van der Waals surface area contributed by atoms with Crippen LogP contribution in [0.15, 0.2) is 30.3 Å². The quantitative estimate of drug-likeness (QED) is 0.654. The van der Waals surface area contributed by atoms with E-state index in [1.54, 1.807) is 6.08 Å². The molecular weight excluding hydrogens is 358 g/mol. The van der Waals surface area contributed by atoms with Crippen molar-refractivity contribution >= 4 is 23.6 Å². The van der Waals surface area contributed by atoms with Gasteiger partial charge in [0, 0.05) is 34.9 Å². The average Bonchev–Trinajstić information content (AvgIpc) is 3.54. The lowest BCUT2D eigenvalue weighted by Gasteiger charge is -2.20. The number of rotatable bonds is 7. The van der Waals surface area contributed by atoms with E-state index in [2.05, 4.69) is 10.00 Å². The largest absolute Gasteiger partial charge is 0.336 e. The molecule has 0 radical (unpaired) electrons. The molecule has 4 rings (SSSR count). The van der Waals surface area contributed by atoms with Gasteiger partial charge < -0.3 is 4.90 Å². The Morgan fingerprint density at radius 2 is 2.00 bits per heavy atom. The second-order valence-corrected chi connectivity index (χ2v) is 8.24. The molecule has 0 spiro atoms. The molecule has 2 fully saturated rings. The van der Waals surface area contributed by atoms with Gasteiger partial charge in [0.15, 0.2) is 0 Å². The van der Waals surface area contributed by atoms with Gasteiger partial charge in [-0.3, -0.25) is 9.48 Å². The molecule has 0 aliphatic heterocycles. The predicted molar refractivity (Wildman–Crippen MR) is 109 cm³/mol. The molecule has 1 heterocycles. The molecule has 0 atom stereocenters. The van der Waals surface area contributed by atoms with Crippen molar-refractivity contribution in [3.63, 3.8) is 0 Å². The first-order valence-electron chi connectivity index (χ1n) is 9.79. The Morgan fingerprint density at radius 1 is 1.26 bits per heavy atom. The molecule has 27 heavy (non-hydrogen) atoms. The van der Waals surface area contributed by atoms with Crippen LogP contribution in [0.3, 0.4) is 0 Å². The maximum absolute atomic E-state index is 12.7. The molecule has 2 aliphatic carbocycles. The second kappa shape index (κ2) is 7.51. The maximum atomic E-state index is 12.7. The number of carbonyl (C=O) groups excluding carboxylic acids is 1. The zero-order chi connectivity index (χ0) is 19.0. The lowest BCUT2D eigenvalue weighted by molar-refractivity contribution is -0.126. The minimum atomic E-state index is 0.141. The molecule has 142 valence electrons. The summed E-state index contributed by atoms with van der Waals surface area (Å²) in [5.74, 6) is 0.867. The van der Waals surface area contributed by atoms with E-state index in [0.717, 1.165) is 52.8 Å². The van der Waals surface area contributed by atoms with E-state index in [4.69, 9.17) is 11.6 Å². The Kier molecular flexibility index (Phi) is 5.09. The Balaban J connectivity index is 1.50. The molecule has 0 N–H and O–H groups in total. The summed E-state index contributed by atoms with van der Waals surface area (Å²) in [6, 6.07) is 8.30. The van der Waals surface area contributed by atoms with E-state index < -0.39 is 0 Å². The molecule has 0 saturated heterocycles. The summed E-state index contributed by atoms with van der Waals surface area (Å²) in [5, 5.41) is 5.40. The Labute approximate surface area is 165 Å². The van der Waals surface area contributed by atoms with E-state index in [9.17, 15) is 4.79 Å². The highest BCUT2D eigenvalue weighted by Gasteiger charge is 2.35. The number of hydrogen-bond acceptors (Lipinski definition) is 2. The van der Waals surface area contributed by atoms with Crippen LogP contribution in [0, 0.1) is 19.8 Å². The number of aromatic nitrogens is 2. The molecule has 2 aromatic rings. The monoisotopic (exact) mass is 383 g/mol. The van der Waals surface area contributed by atoms with Crippen LogP contribution < -0.4 is 0 Å². The molecule has 2 saturated carbocycles. The minimum absolute atomic E-state index is 0.141. The van der Waals surface area contributed by atoms with Crippen LogP contribution in [0.25, 0.3) is 6.08 Å². The lowest BCUT2D eigenvalue weighted by Crippen LogP contribution is -2.33. The van der Waals surface area contributed by atoms with E-state index in [-0.39, 0.29) is 5.91 Å². The fourth-order valence-corrected chi connectivity index (χ4v) is 3.72. The van der Waals surface area contributed by atoms with Gasteiger partial charge in [-0.2, -0.15) is 5.10 Å². The standard InChI is InChI=1S/C22H26ClN3O/c1-15-20(11-12-22(27)25(19-9-10-19)13-17-7-8-17)16(2)26(24-15)14-18-5-3-4-6-21(18)23/h3-6,11-12,17,19H,7-10,13-14H2,1-2H3/b12-11+. The van der Waals surface area contributed by atoms with E-state index in [1.807, 2.05) is 48.9 Å². The molecule has 4 nitrogen and oxygen atoms in total. The summed E-state index contributed by atoms with van der Waals surface area (Å²) in [6.07, 6.45) is 8.52. The molecule has 5 heteroatoms. The van der Waals surface area contributed by atoms with Crippen molar-refractivity contribution in [2.24, 2.45) is 5.92 Å². The number of hydrogen-bond donors (Lipinski definition) is 0. The summed E-state index contributed by atoms with van der Waals surface area (Å²) < 4.78 is 1.96. The van der Waals surface area contributed by atoms with Gasteiger partial charge >= 0.3 is 0 Å². The van der Waals surface area contributed by atoms with Crippen LogP contribution in [0.4, 0.5) is 0 Å². The van der Waals surface area contributed by atoms with E-state index in [1.165, 1.54) is 12.8 Å². The van der Waals surface area contributed by atoms with Crippen LogP contribution >= 0.6 is 11.6 Å². The smallest absolute Gasteiger partial charge is 0.246 e. The molecular formula is C22H26ClN3O. The first-order valence-corrected chi connectivity index (χ1v) is 10.2.